The van der Waals surface area contributed by atoms with Crippen LogP contribution >= 0.6 is 0 Å². The second-order valence-corrected chi connectivity index (χ2v) is 5.57. The molecule has 0 unspecified atom stereocenters. The van der Waals surface area contributed by atoms with Crippen molar-refractivity contribution in [1.29, 1.82) is 0 Å². The number of ether oxygens (including phenoxy) is 3. The number of hydrogen-bond acceptors (Lipinski definition) is 5. The molecule has 1 aromatic rings. The van der Waals surface area contributed by atoms with E-state index in [1.807, 2.05) is 6.07 Å². The van der Waals surface area contributed by atoms with Gasteiger partial charge in [0.15, 0.2) is 11.5 Å². The topological polar surface area (TPSA) is 85.9 Å². The molecule has 2 N–H and O–H groups in total. The van der Waals surface area contributed by atoms with Crippen LogP contribution in [0.25, 0.3) is 0 Å². The van der Waals surface area contributed by atoms with Gasteiger partial charge in [0.1, 0.15) is 0 Å². The highest BCUT2D eigenvalue weighted by atomic mass is 16.5. The van der Waals surface area contributed by atoms with Crippen LogP contribution in [0.1, 0.15) is 18.4 Å². The van der Waals surface area contributed by atoms with Gasteiger partial charge in [-0.1, -0.05) is 6.07 Å². The molecule has 24 heavy (non-hydrogen) atoms. The van der Waals surface area contributed by atoms with Crippen molar-refractivity contribution in [2.45, 2.75) is 19.4 Å². The van der Waals surface area contributed by atoms with Crippen LogP contribution in [0.5, 0.6) is 11.5 Å². The fourth-order valence-corrected chi connectivity index (χ4v) is 2.53. The maximum Gasteiger partial charge on any atom is 0.239 e. The van der Waals surface area contributed by atoms with E-state index in [0.29, 0.717) is 44.1 Å². The van der Waals surface area contributed by atoms with Crippen molar-refractivity contribution in [3.63, 3.8) is 0 Å². The van der Waals surface area contributed by atoms with Gasteiger partial charge in [0.05, 0.1) is 20.8 Å². The Bertz CT molecular complexity index is 570. The van der Waals surface area contributed by atoms with Gasteiger partial charge in [0.25, 0.3) is 0 Å². The van der Waals surface area contributed by atoms with E-state index in [1.54, 1.807) is 26.4 Å². The molecule has 7 nitrogen and oxygen atoms in total. The molecule has 0 saturated carbocycles. The van der Waals surface area contributed by atoms with E-state index >= 15 is 0 Å². The lowest BCUT2D eigenvalue weighted by atomic mass is 9.99. The summed E-state index contributed by atoms with van der Waals surface area (Å²) in [4.78, 5) is 23.8. The monoisotopic (exact) mass is 336 g/mol. The van der Waals surface area contributed by atoms with Gasteiger partial charge in [-0.3, -0.25) is 9.59 Å². The number of benzene rings is 1. The Kier molecular flexibility index (Phi) is 6.87. The molecule has 2 amide bonds. The summed E-state index contributed by atoms with van der Waals surface area (Å²) in [7, 11) is 3.13. The van der Waals surface area contributed by atoms with E-state index in [4.69, 9.17) is 14.2 Å². The van der Waals surface area contributed by atoms with E-state index in [-0.39, 0.29) is 24.3 Å². The average Bonchev–Trinajstić information content (AvgIpc) is 2.64. The molecule has 0 atom stereocenters. The van der Waals surface area contributed by atoms with Gasteiger partial charge in [0.2, 0.25) is 11.8 Å². The van der Waals surface area contributed by atoms with Crippen LogP contribution in [-0.4, -0.2) is 45.8 Å². The molecule has 132 valence electrons. The molecule has 0 spiro atoms. The standard InChI is InChI=1S/C17H24N2O5/c1-22-14-4-3-12(9-15(14)23-2)10-18-16(20)11-19-17(21)13-5-7-24-8-6-13/h3-4,9,13H,5-8,10-11H2,1-2H3,(H,18,20)(H,19,21). The van der Waals surface area contributed by atoms with Crippen LogP contribution in [0.15, 0.2) is 18.2 Å². The van der Waals surface area contributed by atoms with Crippen molar-refractivity contribution in [3.05, 3.63) is 23.8 Å². The molecule has 1 aliphatic rings. The van der Waals surface area contributed by atoms with Crippen molar-refractivity contribution in [3.8, 4) is 11.5 Å². The number of nitrogens with one attached hydrogen (secondary N) is 2. The summed E-state index contributed by atoms with van der Waals surface area (Å²) in [6.45, 7) is 1.53. The van der Waals surface area contributed by atoms with Gasteiger partial charge in [-0.25, -0.2) is 0 Å². The molecule has 1 heterocycles. The van der Waals surface area contributed by atoms with E-state index < -0.39 is 0 Å². The van der Waals surface area contributed by atoms with Gasteiger partial charge in [-0.05, 0) is 30.5 Å². The lowest BCUT2D eigenvalue weighted by molar-refractivity contribution is -0.130. The van der Waals surface area contributed by atoms with Crippen molar-refractivity contribution >= 4 is 11.8 Å². The van der Waals surface area contributed by atoms with Gasteiger partial charge < -0.3 is 24.8 Å². The molecule has 0 aromatic heterocycles. The van der Waals surface area contributed by atoms with Crippen LogP contribution in [0.4, 0.5) is 0 Å². The number of amides is 2. The van der Waals surface area contributed by atoms with Crippen molar-refractivity contribution in [2.75, 3.05) is 34.0 Å². The fourth-order valence-electron chi connectivity index (χ4n) is 2.53. The molecule has 0 aliphatic carbocycles. The predicted octanol–water partition coefficient (Wildman–Crippen LogP) is 0.863. The molecule has 1 fully saturated rings. The maximum absolute atomic E-state index is 12.0. The summed E-state index contributed by atoms with van der Waals surface area (Å²) in [5.74, 6) is 0.871. The van der Waals surface area contributed by atoms with E-state index in [2.05, 4.69) is 10.6 Å². The van der Waals surface area contributed by atoms with Gasteiger partial charge in [-0.2, -0.15) is 0 Å². The molecule has 0 radical (unpaired) electrons. The van der Waals surface area contributed by atoms with Crippen LogP contribution in [-0.2, 0) is 20.9 Å². The predicted molar refractivity (Wildman–Crippen MR) is 87.9 cm³/mol. The van der Waals surface area contributed by atoms with Crippen LogP contribution < -0.4 is 20.1 Å². The largest absolute Gasteiger partial charge is 0.493 e. The highest BCUT2D eigenvalue weighted by Crippen LogP contribution is 2.27. The summed E-state index contributed by atoms with van der Waals surface area (Å²) >= 11 is 0. The number of methoxy groups -OCH3 is 2. The van der Waals surface area contributed by atoms with Crippen molar-refractivity contribution < 1.29 is 23.8 Å². The van der Waals surface area contributed by atoms with Crippen molar-refractivity contribution in [2.24, 2.45) is 5.92 Å². The van der Waals surface area contributed by atoms with Crippen LogP contribution in [0, 0.1) is 5.92 Å². The minimum Gasteiger partial charge on any atom is -0.493 e. The Morgan fingerprint density at radius 2 is 1.83 bits per heavy atom. The molecule has 1 saturated heterocycles. The minimum absolute atomic E-state index is 0.0243. The molecule has 7 heteroatoms. The van der Waals surface area contributed by atoms with E-state index in [9.17, 15) is 9.59 Å². The van der Waals surface area contributed by atoms with Crippen molar-refractivity contribution in [1.82, 2.24) is 10.6 Å². The van der Waals surface area contributed by atoms with Gasteiger partial charge in [-0.15, -0.1) is 0 Å². The first kappa shape index (κ1) is 18.1. The quantitative estimate of drug-likeness (QED) is 0.771. The normalized spacial score (nSPS) is 14.8. The summed E-state index contributed by atoms with van der Waals surface area (Å²) < 4.78 is 15.6. The minimum atomic E-state index is -0.231. The Labute approximate surface area is 141 Å². The van der Waals surface area contributed by atoms with Crippen LogP contribution in [0.3, 0.4) is 0 Å². The zero-order chi connectivity index (χ0) is 17.4. The summed E-state index contributed by atoms with van der Waals surface area (Å²) in [6.07, 6.45) is 1.41. The number of rotatable bonds is 7. The zero-order valence-corrected chi connectivity index (χ0v) is 14.1. The number of carbonyl (C=O) groups excluding carboxylic acids is 2. The Morgan fingerprint density at radius 3 is 2.50 bits per heavy atom. The second-order valence-electron chi connectivity index (χ2n) is 5.57. The van der Waals surface area contributed by atoms with E-state index in [1.165, 1.54) is 0 Å². The molecule has 0 bridgehead atoms. The lowest BCUT2D eigenvalue weighted by Gasteiger charge is -2.21. The first-order valence-corrected chi connectivity index (χ1v) is 7.97. The first-order chi connectivity index (χ1) is 11.6. The molecule has 2 rings (SSSR count). The Hall–Kier alpha value is -2.28. The molecule has 1 aromatic carbocycles. The third-order valence-electron chi connectivity index (χ3n) is 3.95. The summed E-state index contributed by atoms with van der Waals surface area (Å²) in [6, 6.07) is 5.44. The third-order valence-corrected chi connectivity index (χ3v) is 3.95. The SMILES string of the molecule is COc1ccc(CNC(=O)CNC(=O)C2CCOCC2)cc1OC. The Balaban J connectivity index is 1.75. The summed E-state index contributed by atoms with van der Waals surface area (Å²) in [5.41, 5.74) is 0.886. The summed E-state index contributed by atoms with van der Waals surface area (Å²) in [5, 5.41) is 5.45. The maximum atomic E-state index is 12.0. The first-order valence-electron chi connectivity index (χ1n) is 7.97. The molecule has 1 aliphatic heterocycles. The number of carbonyl (C=O) groups is 2. The second kappa shape index (κ2) is 9.12. The van der Waals surface area contributed by atoms with Gasteiger partial charge in [0, 0.05) is 25.7 Å². The molecular weight excluding hydrogens is 312 g/mol. The smallest absolute Gasteiger partial charge is 0.239 e. The average molecular weight is 336 g/mol. The highest BCUT2D eigenvalue weighted by Gasteiger charge is 2.21. The van der Waals surface area contributed by atoms with Gasteiger partial charge >= 0.3 is 0 Å². The number of hydrogen-bond donors (Lipinski definition) is 2. The lowest BCUT2D eigenvalue weighted by Crippen LogP contribution is -2.40. The Morgan fingerprint density at radius 1 is 1.12 bits per heavy atom. The molecular formula is C17H24N2O5. The highest BCUT2D eigenvalue weighted by molar-refractivity contribution is 5.85. The third kappa shape index (κ3) is 5.13. The van der Waals surface area contributed by atoms with E-state index in [0.717, 1.165) is 5.56 Å². The fraction of sp³-hybridized carbons (Fsp3) is 0.529. The zero-order valence-electron chi connectivity index (χ0n) is 14.1. The van der Waals surface area contributed by atoms with Crippen LogP contribution in [0.2, 0.25) is 0 Å².